The van der Waals surface area contributed by atoms with Crippen molar-refractivity contribution in [2.45, 2.75) is 253 Å². The third-order valence-corrected chi connectivity index (χ3v) is 11.6. The predicted octanol–water partition coefficient (Wildman–Crippen LogP) is 11.1. The second-order valence-corrected chi connectivity index (χ2v) is 17.8. The zero-order valence-electron chi connectivity index (χ0n) is 39.8. The van der Waals surface area contributed by atoms with E-state index in [0.717, 1.165) is 56.8 Å². The Morgan fingerprint density at radius 3 is 1.23 bits per heavy atom. The van der Waals surface area contributed by atoms with Crippen molar-refractivity contribution < 1.29 is 57.1 Å². The highest BCUT2D eigenvalue weighted by atomic mass is 16.7. The van der Waals surface area contributed by atoms with E-state index in [1.165, 1.54) is 130 Å². The number of unbranched alkanes of at least 4 members (excludes halogenated alkanes) is 16. The van der Waals surface area contributed by atoms with Gasteiger partial charge in [0.2, 0.25) is 0 Å². The van der Waals surface area contributed by atoms with Gasteiger partial charge in [-0.3, -0.25) is 24.0 Å². The topological polar surface area (TPSA) is 150 Å². The molecule has 1 rings (SSSR count). The lowest BCUT2D eigenvalue weighted by Crippen LogP contribution is -2.43. The monoisotopic (exact) mass is 869 g/mol. The van der Waals surface area contributed by atoms with E-state index >= 15 is 0 Å². The van der Waals surface area contributed by atoms with Gasteiger partial charge < -0.3 is 33.2 Å². The first-order chi connectivity index (χ1) is 29.3. The molecule has 356 valence electrons. The zero-order chi connectivity index (χ0) is 45.3. The van der Waals surface area contributed by atoms with Crippen molar-refractivity contribution in [3.8, 4) is 0 Å². The second kappa shape index (κ2) is 35.7. The minimum absolute atomic E-state index is 0.0459. The van der Waals surface area contributed by atoms with E-state index in [1.807, 2.05) is 0 Å². The third-order valence-electron chi connectivity index (χ3n) is 11.6. The van der Waals surface area contributed by atoms with Crippen LogP contribution in [0.2, 0.25) is 0 Å². The lowest BCUT2D eigenvalue weighted by molar-refractivity contribution is -0.181. The molecule has 1 aliphatic carbocycles. The van der Waals surface area contributed by atoms with Gasteiger partial charge in [-0.25, -0.2) is 0 Å². The minimum atomic E-state index is -1.32. The van der Waals surface area contributed by atoms with Gasteiger partial charge in [0.1, 0.15) is 12.2 Å². The molecule has 1 fully saturated rings. The molecule has 0 aromatic carbocycles. The molecule has 0 aromatic rings. The van der Waals surface area contributed by atoms with Crippen LogP contribution in [0.1, 0.15) is 216 Å². The minimum Gasteiger partial charge on any atom is -0.458 e. The van der Waals surface area contributed by atoms with E-state index in [4.69, 9.17) is 33.2 Å². The fourth-order valence-electron chi connectivity index (χ4n) is 8.23. The van der Waals surface area contributed by atoms with E-state index in [-0.39, 0.29) is 19.6 Å². The van der Waals surface area contributed by atoms with Gasteiger partial charge in [0.05, 0.1) is 13.2 Å². The van der Waals surface area contributed by atoms with Crippen LogP contribution in [0.5, 0.6) is 0 Å². The summed E-state index contributed by atoms with van der Waals surface area (Å²) in [6.07, 6.45) is 21.3. The van der Waals surface area contributed by atoms with Crippen molar-refractivity contribution in [3.63, 3.8) is 0 Å². The highest BCUT2D eigenvalue weighted by molar-refractivity contribution is 5.71. The highest BCUT2D eigenvalue weighted by Gasteiger charge is 2.59. The largest absolute Gasteiger partial charge is 0.458 e. The molecule has 0 heterocycles. The van der Waals surface area contributed by atoms with Gasteiger partial charge >= 0.3 is 29.8 Å². The van der Waals surface area contributed by atoms with Gasteiger partial charge in [-0.05, 0) is 24.7 Å². The van der Waals surface area contributed by atoms with Crippen molar-refractivity contribution >= 4 is 29.8 Å². The molecule has 0 bridgehead atoms. The summed E-state index contributed by atoms with van der Waals surface area (Å²) in [4.78, 5) is 62.3. The molecule has 0 aliphatic heterocycles. The lowest BCUT2D eigenvalue weighted by Gasteiger charge is -2.27. The van der Waals surface area contributed by atoms with Gasteiger partial charge in [-0.2, -0.15) is 0 Å². The Hall–Kier alpha value is -2.73. The Morgan fingerprint density at radius 1 is 0.426 bits per heavy atom. The fourth-order valence-corrected chi connectivity index (χ4v) is 8.23. The van der Waals surface area contributed by atoms with Gasteiger partial charge in [-0.1, -0.05) is 169 Å². The maximum Gasteiger partial charge on any atom is 0.306 e. The van der Waals surface area contributed by atoms with Crippen LogP contribution < -0.4 is 0 Å². The van der Waals surface area contributed by atoms with Crippen LogP contribution in [0.4, 0.5) is 0 Å². The molecule has 8 atom stereocenters. The van der Waals surface area contributed by atoms with Crippen molar-refractivity contribution in [2.75, 3.05) is 19.8 Å². The van der Waals surface area contributed by atoms with E-state index in [0.29, 0.717) is 13.0 Å². The normalized spacial score (nSPS) is 20.1. The number of ether oxygens (including phenoxy) is 7. The van der Waals surface area contributed by atoms with Gasteiger partial charge in [-0.15, -0.1) is 0 Å². The maximum absolute atomic E-state index is 13.3. The molecule has 12 nitrogen and oxygen atoms in total. The summed E-state index contributed by atoms with van der Waals surface area (Å²) in [5, 5.41) is 0. The highest BCUT2D eigenvalue weighted by Crippen LogP contribution is 2.35. The van der Waals surface area contributed by atoms with Crippen LogP contribution in [0, 0.1) is 11.8 Å². The lowest BCUT2D eigenvalue weighted by atomic mass is 9.96. The fraction of sp³-hybridized carbons (Fsp3) is 0.898. The molecule has 0 amide bonds. The Kier molecular flexibility index (Phi) is 32.9. The number of hydrogen-bond donors (Lipinski definition) is 0. The summed E-state index contributed by atoms with van der Waals surface area (Å²) in [5.41, 5.74) is 0. The summed E-state index contributed by atoms with van der Waals surface area (Å²) in [5.74, 6) is -1.69. The summed E-state index contributed by atoms with van der Waals surface area (Å²) in [7, 11) is 0. The first-order valence-corrected chi connectivity index (χ1v) is 24.4. The summed E-state index contributed by atoms with van der Waals surface area (Å²) < 4.78 is 40.3. The van der Waals surface area contributed by atoms with E-state index < -0.39 is 66.5 Å². The Labute approximate surface area is 370 Å². The molecule has 0 aromatic heterocycles. The van der Waals surface area contributed by atoms with E-state index in [1.54, 1.807) is 0 Å². The molecular weight excluding hydrogens is 781 g/mol. The maximum atomic E-state index is 13.3. The molecule has 0 radical (unpaired) electrons. The second-order valence-electron chi connectivity index (χ2n) is 17.8. The average molecular weight is 869 g/mol. The predicted molar refractivity (Wildman–Crippen MR) is 238 cm³/mol. The zero-order valence-corrected chi connectivity index (χ0v) is 39.8. The average Bonchev–Trinajstić information content (AvgIpc) is 3.43. The van der Waals surface area contributed by atoms with Crippen LogP contribution in [0.3, 0.4) is 0 Å². The van der Waals surface area contributed by atoms with Crippen molar-refractivity contribution in [2.24, 2.45) is 11.8 Å². The molecule has 1 saturated carbocycles. The SMILES string of the molecule is CCCCCCC(C)CCCCCCCCCOC[C@@H](CO[C@@H]1[C@@H](OC(C)=O)[C@H](OC(C)=O)[C@@H](OC(C)=O)[C@@H]1OC(=O)CCCCCCCC(C)CCCCCC)OC(C)=O. The molecule has 61 heavy (non-hydrogen) atoms. The molecular formula is C49H88O12. The molecule has 2 unspecified atom stereocenters. The van der Waals surface area contributed by atoms with Crippen LogP contribution in [0.25, 0.3) is 0 Å². The molecule has 0 spiro atoms. The Bertz CT molecular complexity index is 1180. The van der Waals surface area contributed by atoms with Gasteiger partial charge in [0.25, 0.3) is 0 Å². The van der Waals surface area contributed by atoms with Crippen LogP contribution in [-0.2, 0) is 57.1 Å². The van der Waals surface area contributed by atoms with Crippen molar-refractivity contribution in [1.29, 1.82) is 0 Å². The number of rotatable bonds is 38. The van der Waals surface area contributed by atoms with Crippen LogP contribution in [0.15, 0.2) is 0 Å². The standard InChI is InChI=1S/C49H88O12/c1-9-11-13-23-29-37(3)31-25-19-16-15-17-22-28-34-55-35-43(57-39(5)50)36-56-45-46(58-40(6)51)48(59-41(7)52)49(60-42(8)53)47(45)61-44(54)33-27-21-18-20-26-32-38(4)30-24-14-12-10-2/h37-38,43,45-49H,9-36H2,1-8H3/t37?,38?,43-,45+,46+,47+,48-,49-/m0/s1. The van der Waals surface area contributed by atoms with E-state index in [9.17, 15) is 24.0 Å². The number of carbonyl (C=O) groups excluding carboxylic acids is 5. The quantitative estimate of drug-likeness (QED) is 0.0330. The van der Waals surface area contributed by atoms with Crippen LogP contribution >= 0.6 is 0 Å². The first kappa shape index (κ1) is 56.3. The Balaban J connectivity index is 2.76. The smallest absolute Gasteiger partial charge is 0.306 e. The number of carbonyl (C=O) groups is 5. The molecule has 12 heteroatoms. The molecule has 1 aliphatic rings. The summed E-state index contributed by atoms with van der Waals surface area (Å²) >= 11 is 0. The summed E-state index contributed by atoms with van der Waals surface area (Å²) in [6, 6.07) is 0. The summed E-state index contributed by atoms with van der Waals surface area (Å²) in [6.45, 7) is 14.3. The first-order valence-electron chi connectivity index (χ1n) is 24.4. The molecule has 0 N–H and O–H groups in total. The third kappa shape index (κ3) is 28.6. The number of hydrogen-bond acceptors (Lipinski definition) is 12. The Morgan fingerprint density at radius 2 is 0.803 bits per heavy atom. The molecule has 0 saturated heterocycles. The van der Waals surface area contributed by atoms with Gasteiger partial charge in [0.15, 0.2) is 24.4 Å². The number of esters is 5. The van der Waals surface area contributed by atoms with Crippen molar-refractivity contribution in [3.05, 3.63) is 0 Å². The van der Waals surface area contributed by atoms with Crippen LogP contribution in [-0.4, -0.2) is 86.3 Å². The van der Waals surface area contributed by atoms with Crippen molar-refractivity contribution in [1.82, 2.24) is 0 Å². The van der Waals surface area contributed by atoms with E-state index in [2.05, 4.69) is 27.7 Å². The van der Waals surface area contributed by atoms with Gasteiger partial charge in [0, 0.05) is 40.7 Å².